The molecule has 0 aromatic heterocycles. The molecule has 1 aliphatic rings. The molecule has 7 heteroatoms. The third kappa shape index (κ3) is 4.36. The van der Waals surface area contributed by atoms with Gasteiger partial charge in [-0.05, 0) is 30.5 Å². The van der Waals surface area contributed by atoms with Crippen molar-refractivity contribution in [1.29, 1.82) is 0 Å². The number of imide groups is 1. The Bertz CT molecular complexity index is 540. The molecule has 0 atom stereocenters. The van der Waals surface area contributed by atoms with Crippen molar-refractivity contribution in [3.63, 3.8) is 0 Å². The molecule has 0 saturated carbocycles. The third-order valence-corrected chi connectivity index (χ3v) is 3.49. The highest BCUT2D eigenvalue weighted by atomic mass is 16.6. The first-order valence-corrected chi connectivity index (χ1v) is 7.22. The first-order chi connectivity index (χ1) is 10.6. The van der Waals surface area contributed by atoms with Gasteiger partial charge in [-0.15, -0.1) is 0 Å². The Morgan fingerprint density at radius 2 is 1.73 bits per heavy atom. The summed E-state index contributed by atoms with van der Waals surface area (Å²) in [4.78, 5) is 34.2. The minimum absolute atomic E-state index is 0.0590. The minimum Gasteiger partial charge on any atom is -0.377 e. The van der Waals surface area contributed by atoms with Crippen LogP contribution in [0.1, 0.15) is 31.2 Å². The molecule has 2 amide bonds. The Balaban J connectivity index is 1.60. The molecule has 0 radical (unpaired) electrons. The van der Waals surface area contributed by atoms with Gasteiger partial charge in [0.2, 0.25) is 11.8 Å². The third-order valence-electron chi connectivity index (χ3n) is 3.49. The van der Waals surface area contributed by atoms with Gasteiger partial charge in [0, 0.05) is 38.1 Å². The van der Waals surface area contributed by atoms with E-state index in [1.54, 1.807) is 12.1 Å². The molecule has 1 aromatic carbocycles. The summed E-state index contributed by atoms with van der Waals surface area (Å²) in [6.45, 7) is 1.37. The van der Waals surface area contributed by atoms with Gasteiger partial charge in [0.25, 0.3) is 5.69 Å². The fourth-order valence-electron chi connectivity index (χ4n) is 2.25. The molecule has 7 nitrogen and oxygen atoms in total. The number of hydrogen-bond acceptors (Lipinski definition) is 5. The fraction of sp³-hybridized carbons (Fsp3) is 0.467. The molecule has 1 fully saturated rings. The maximum Gasteiger partial charge on any atom is 0.269 e. The molecule has 1 aromatic rings. The largest absolute Gasteiger partial charge is 0.377 e. The SMILES string of the molecule is O=C1CCC(=O)N1CCCCOCc1ccc([N+](=O)[O-])cc1. The van der Waals surface area contributed by atoms with E-state index in [-0.39, 0.29) is 17.5 Å². The minimum atomic E-state index is -0.439. The number of ether oxygens (including phenoxy) is 1. The van der Waals surface area contributed by atoms with Crippen LogP contribution in [0.2, 0.25) is 0 Å². The predicted molar refractivity (Wildman–Crippen MR) is 77.9 cm³/mol. The lowest BCUT2D eigenvalue weighted by Crippen LogP contribution is -2.30. The van der Waals surface area contributed by atoms with Crippen LogP contribution in [0.3, 0.4) is 0 Å². The Morgan fingerprint density at radius 1 is 1.09 bits per heavy atom. The van der Waals surface area contributed by atoms with Crippen molar-refractivity contribution in [3.8, 4) is 0 Å². The predicted octanol–water partition coefficient (Wildman–Crippen LogP) is 2.04. The van der Waals surface area contributed by atoms with Gasteiger partial charge in [0.15, 0.2) is 0 Å². The number of carbonyl (C=O) groups is 2. The van der Waals surface area contributed by atoms with Crippen LogP contribution in [0.25, 0.3) is 0 Å². The van der Waals surface area contributed by atoms with Crippen LogP contribution in [-0.4, -0.2) is 34.8 Å². The zero-order valence-electron chi connectivity index (χ0n) is 12.2. The van der Waals surface area contributed by atoms with E-state index in [0.717, 1.165) is 18.4 Å². The van der Waals surface area contributed by atoms with Gasteiger partial charge < -0.3 is 4.74 Å². The quantitative estimate of drug-likeness (QED) is 0.317. The standard InChI is InChI=1S/C15H18N2O5/c18-14-7-8-15(19)16(14)9-1-2-10-22-11-12-3-5-13(6-4-12)17(20)21/h3-6H,1-2,7-11H2. The Hall–Kier alpha value is -2.28. The number of amides is 2. The van der Waals surface area contributed by atoms with E-state index in [2.05, 4.69) is 0 Å². The number of nitro groups is 1. The van der Waals surface area contributed by atoms with Crippen molar-refractivity contribution in [2.75, 3.05) is 13.2 Å². The number of unbranched alkanes of at least 4 members (excludes halogenated alkanes) is 1. The number of nitro benzene ring substituents is 1. The average molecular weight is 306 g/mol. The zero-order chi connectivity index (χ0) is 15.9. The number of likely N-dealkylation sites (tertiary alicyclic amines) is 1. The summed E-state index contributed by atoms with van der Waals surface area (Å²) in [5.41, 5.74) is 0.930. The highest BCUT2D eigenvalue weighted by Gasteiger charge is 2.27. The first-order valence-electron chi connectivity index (χ1n) is 7.22. The van der Waals surface area contributed by atoms with Crippen molar-refractivity contribution in [1.82, 2.24) is 4.90 Å². The van der Waals surface area contributed by atoms with E-state index >= 15 is 0 Å². The summed E-state index contributed by atoms with van der Waals surface area (Å²) in [6, 6.07) is 6.23. The lowest BCUT2D eigenvalue weighted by Gasteiger charge is -2.13. The van der Waals surface area contributed by atoms with Crippen LogP contribution >= 0.6 is 0 Å². The fourth-order valence-corrected chi connectivity index (χ4v) is 2.25. The van der Waals surface area contributed by atoms with Crippen LogP contribution in [-0.2, 0) is 20.9 Å². The van der Waals surface area contributed by atoms with E-state index in [0.29, 0.717) is 32.6 Å². The van der Waals surface area contributed by atoms with E-state index in [9.17, 15) is 19.7 Å². The number of nitrogens with zero attached hydrogens (tertiary/aromatic N) is 2. The molecule has 0 bridgehead atoms. The van der Waals surface area contributed by atoms with E-state index < -0.39 is 4.92 Å². The number of non-ortho nitro benzene ring substituents is 1. The summed E-state index contributed by atoms with van der Waals surface area (Å²) in [7, 11) is 0. The molecule has 0 N–H and O–H groups in total. The monoisotopic (exact) mass is 306 g/mol. The van der Waals surface area contributed by atoms with E-state index in [1.165, 1.54) is 17.0 Å². The molecule has 1 aliphatic heterocycles. The molecular weight excluding hydrogens is 288 g/mol. The van der Waals surface area contributed by atoms with Crippen molar-refractivity contribution in [3.05, 3.63) is 39.9 Å². The maximum atomic E-state index is 11.4. The van der Waals surface area contributed by atoms with Crippen LogP contribution < -0.4 is 0 Å². The highest BCUT2D eigenvalue weighted by Crippen LogP contribution is 2.14. The molecule has 2 rings (SSSR count). The molecule has 0 unspecified atom stereocenters. The lowest BCUT2D eigenvalue weighted by molar-refractivity contribution is -0.384. The second kappa shape index (κ2) is 7.65. The number of rotatable bonds is 8. The van der Waals surface area contributed by atoms with Crippen molar-refractivity contribution < 1.29 is 19.2 Å². The summed E-state index contributed by atoms with van der Waals surface area (Å²) in [6.07, 6.45) is 2.13. The molecule has 1 saturated heterocycles. The summed E-state index contributed by atoms with van der Waals surface area (Å²) in [5, 5.41) is 10.5. The van der Waals surface area contributed by atoms with Crippen molar-refractivity contribution in [2.24, 2.45) is 0 Å². The Kier molecular flexibility index (Phi) is 5.60. The lowest BCUT2D eigenvalue weighted by atomic mass is 10.2. The second-order valence-electron chi connectivity index (χ2n) is 5.12. The summed E-state index contributed by atoms with van der Waals surface area (Å²) >= 11 is 0. The Labute approximate surface area is 128 Å². The van der Waals surface area contributed by atoms with Crippen LogP contribution in [0.15, 0.2) is 24.3 Å². The number of carbonyl (C=O) groups excluding carboxylic acids is 2. The molecule has 22 heavy (non-hydrogen) atoms. The number of hydrogen-bond donors (Lipinski definition) is 0. The van der Waals surface area contributed by atoms with Crippen molar-refractivity contribution >= 4 is 17.5 Å². The van der Waals surface area contributed by atoms with Crippen LogP contribution in [0.5, 0.6) is 0 Å². The van der Waals surface area contributed by atoms with E-state index in [1.807, 2.05) is 0 Å². The molecule has 1 heterocycles. The van der Waals surface area contributed by atoms with Gasteiger partial charge in [0.1, 0.15) is 0 Å². The van der Waals surface area contributed by atoms with Gasteiger partial charge in [-0.1, -0.05) is 0 Å². The van der Waals surface area contributed by atoms with Gasteiger partial charge in [0.05, 0.1) is 11.5 Å². The van der Waals surface area contributed by atoms with E-state index in [4.69, 9.17) is 4.74 Å². The summed E-state index contributed by atoms with van der Waals surface area (Å²) < 4.78 is 5.48. The first kappa shape index (κ1) is 16.1. The zero-order valence-corrected chi connectivity index (χ0v) is 12.2. The smallest absolute Gasteiger partial charge is 0.269 e. The molecular formula is C15H18N2O5. The molecule has 0 spiro atoms. The topological polar surface area (TPSA) is 89.8 Å². The molecule has 118 valence electrons. The van der Waals surface area contributed by atoms with Crippen molar-refractivity contribution in [2.45, 2.75) is 32.3 Å². The summed E-state index contributed by atoms with van der Waals surface area (Å²) in [5.74, 6) is -0.173. The van der Waals surface area contributed by atoms with Crippen LogP contribution in [0.4, 0.5) is 5.69 Å². The average Bonchev–Trinajstić information content (AvgIpc) is 2.82. The molecule has 0 aliphatic carbocycles. The highest BCUT2D eigenvalue weighted by molar-refractivity contribution is 6.01. The number of benzene rings is 1. The second-order valence-corrected chi connectivity index (χ2v) is 5.12. The maximum absolute atomic E-state index is 11.4. The van der Waals surface area contributed by atoms with Gasteiger partial charge >= 0.3 is 0 Å². The van der Waals surface area contributed by atoms with Gasteiger partial charge in [-0.2, -0.15) is 0 Å². The van der Waals surface area contributed by atoms with Crippen LogP contribution in [0, 0.1) is 10.1 Å². The normalized spacial score (nSPS) is 14.6. The Morgan fingerprint density at radius 3 is 2.32 bits per heavy atom. The van der Waals surface area contributed by atoms with Gasteiger partial charge in [-0.25, -0.2) is 0 Å². The van der Waals surface area contributed by atoms with Gasteiger partial charge in [-0.3, -0.25) is 24.6 Å².